The van der Waals surface area contributed by atoms with Crippen molar-refractivity contribution >= 4 is 0 Å². The van der Waals surface area contributed by atoms with E-state index in [2.05, 4.69) is 59.7 Å². The van der Waals surface area contributed by atoms with Crippen molar-refractivity contribution in [2.24, 2.45) is 0 Å². The number of benzene rings is 1. The molecule has 0 aromatic heterocycles. The second kappa shape index (κ2) is 4.12. The molecule has 0 bridgehead atoms. The minimum Gasteiger partial charge on any atom is -0.496 e. The highest BCUT2D eigenvalue weighted by Gasteiger charge is 2.22. The highest BCUT2D eigenvalue weighted by molar-refractivity contribution is 5.42. The van der Waals surface area contributed by atoms with E-state index in [1.54, 1.807) is 7.11 Å². The van der Waals surface area contributed by atoms with Crippen LogP contribution in [0.3, 0.4) is 0 Å². The summed E-state index contributed by atoms with van der Waals surface area (Å²) < 4.78 is 5.41. The lowest BCUT2D eigenvalue weighted by molar-refractivity contribution is 0.396. The normalized spacial score (nSPS) is 12.7. The molecule has 89 valence electrons. The van der Waals surface area contributed by atoms with E-state index >= 15 is 0 Å². The molecule has 0 heterocycles. The summed E-state index contributed by atoms with van der Waals surface area (Å²) in [6.45, 7) is 13.2. The quantitative estimate of drug-likeness (QED) is 0.691. The Morgan fingerprint density at radius 3 is 1.88 bits per heavy atom. The van der Waals surface area contributed by atoms with Crippen LogP contribution in [0.2, 0.25) is 0 Å². The van der Waals surface area contributed by atoms with Gasteiger partial charge in [-0.3, -0.25) is 0 Å². The largest absolute Gasteiger partial charge is 0.496 e. The van der Waals surface area contributed by atoms with Gasteiger partial charge in [0.15, 0.2) is 0 Å². The van der Waals surface area contributed by atoms with Gasteiger partial charge in [0.05, 0.1) is 7.11 Å². The molecule has 0 atom stereocenters. The lowest BCUT2D eigenvalue weighted by atomic mass is 9.80. The Kier molecular flexibility index (Phi) is 3.37. The molecule has 0 aliphatic rings. The molecule has 1 rings (SSSR count). The van der Waals surface area contributed by atoms with Crippen molar-refractivity contribution in [2.75, 3.05) is 7.11 Å². The number of ether oxygens (including phenoxy) is 1. The average molecular weight is 219 g/mol. The Hall–Kier alpha value is -0.980. The summed E-state index contributed by atoms with van der Waals surface area (Å²) in [6.07, 6.45) is 0. The zero-order valence-electron chi connectivity index (χ0n) is 11.6. The van der Waals surface area contributed by atoms with Crippen LogP contribution in [0.4, 0.5) is 0 Å². The van der Waals surface area contributed by atoms with Crippen molar-refractivity contribution < 1.29 is 4.74 Å². The van der Waals surface area contributed by atoms with Gasteiger partial charge in [0, 0.05) is 5.56 Å². The second-order valence-corrected chi connectivity index (χ2v) is 6.32. The van der Waals surface area contributed by atoms with Crippen LogP contribution in [0.5, 0.6) is 5.75 Å². The van der Waals surface area contributed by atoms with E-state index in [0.29, 0.717) is 0 Å². The Balaban J connectivity index is 3.34. The van der Waals surface area contributed by atoms with Gasteiger partial charge < -0.3 is 4.74 Å². The van der Waals surface area contributed by atoms with Gasteiger partial charge in [-0.1, -0.05) is 47.6 Å². The van der Waals surface area contributed by atoms with Crippen molar-refractivity contribution in [1.29, 1.82) is 0 Å². The van der Waals surface area contributed by atoms with Crippen molar-refractivity contribution in [3.05, 3.63) is 29.3 Å². The third-order valence-corrected chi connectivity index (χ3v) is 2.69. The van der Waals surface area contributed by atoms with Crippen LogP contribution in [0.15, 0.2) is 12.1 Å². The molecule has 0 N–H and O–H groups in total. The van der Waals surface area contributed by atoms with E-state index in [0.717, 1.165) is 11.3 Å². The Labute approximate surface area is 99.8 Å². The fraction of sp³-hybridized carbons (Fsp3) is 0.600. The van der Waals surface area contributed by atoms with Crippen LogP contribution in [0.1, 0.15) is 52.7 Å². The van der Waals surface area contributed by atoms with E-state index in [-0.39, 0.29) is 10.8 Å². The van der Waals surface area contributed by atoms with Gasteiger partial charge in [0.2, 0.25) is 0 Å². The van der Waals surface area contributed by atoms with Crippen LogP contribution in [0.25, 0.3) is 0 Å². The predicted molar refractivity (Wildman–Crippen MR) is 69.2 cm³/mol. The molecule has 0 aliphatic carbocycles. The minimum absolute atomic E-state index is 0.0621. The molecule has 1 aromatic carbocycles. The lowest BCUT2D eigenvalue weighted by Crippen LogP contribution is -2.17. The Morgan fingerprint density at radius 1 is 0.938 bits per heavy atom. The summed E-state index contributed by atoms with van der Waals surface area (Å²) >= 11 is 0. The molecular formula is C15H23O. The third kappa shape index (κ3) is 2.78. The van der Waals surface area contributed by atoms with Crippen LogP contribution >= 0.6 is 0 Å². The van der Waals surface area contributed by atoms with Crippen molar-refractivity contribution in [3.8, 4) is 5.75 Å². The lowest BCUT2D eigenvalue weighted by Gasteiger charge is -2.26. The molecule has 16 heavy (non-hydrogen) atoms. The van der Waals surface area contributed by atoms with Crippen LogP contribution in [0, 0.1) is 6.07 Å². The fourth-order valence-electron chi connectivity index (χ4n) is 1.64. The Bertz CT molecular complexity index is 364. The number of rotatable bonds is 1. The third-order valence-electron chi connectivity index (χ3n) is 2.69. The molecule has 0 spiro atoms. The van der Waals surface area contributed by atoms with Gasteiger partial charge in [-0.2, -0.15) is 0 Å². The number of hydrogen-bond acceptors (Lipinski definition) is 1. The molecule has 1 heteroatoms. The fourth-order valence-corrected chi connectivity index (χ4v) is 1.64. The SMILES string of the molecule is COc1ccc(C(C)(C)C)[c]c1C(C)(C)C. The Morgan fingerprint density at radius 2 is 1.50 bits per heavy atom. The summed E-state index contributed by atoms with van der Waals surface area (Å²) in [4.78, 5) is 0. The zero-order valence-corrected chi connectivity index (χ0v) is 11.6. The standard InChI is InChI=1S/C15H23O/c1-14(2,3)11-8-9-13(16-7)12(10-11)15(4,5)6/h8-9H,1-7H3. The summed E-state index contributed by atoms with van der Waals surface area (Å²) in [6, 6.07) is 7.68. The molecule has 0 amide bonds. The predicted octanol–water partition coefficient (Wildman–Crippen LogP) is 4.09. The highest BCUT2D eigenvalue weighted by Crippen LogP contribution is 2.34. The van der Waals surface area contributed by atoms with Crippen LogP contribution in [-0.4, -0.2) is 7.11 Å². The molecule has 0 unspecified atom stereocenters. The molecule has 0 saturated heterocycles. The maximum atomic E-state index is 5.41. The van der Waals surface area contributed by atoms with Crippen molar-refractivity contribution in [2.45, 2.75) is 52.4 Å². The molecule has 1 aromatic rings. The van der Waals surface area contributed by atoms with Gasteiger partial charge in [-0.25, -0.2) is 0 Å². The van der Waals surface area contributed by atoms with Gasteiger partial charge in [-0.15, -0.1) is 0 Å². The maximum absolute atomic E-state index is 5.41. The van der Waals surface area contributed by atoms with E-state index in [4.69, 9.17) is 4.74 Å². The van der Waals surface area contributed by atoms with Gasteiger partial charge in [0.25, 0.3) is 0 Å². The summed E-state index contributed by atoms with van der Waals surface area (Å²) in [5, 5.41) is 0. The minimum atomic E-state index is 0.0621. The summed E-state index contributed by atoms with van der Waals surface area (Å²) in [5.41, 5.74) is 2.58. The van der Waals surface area contributed by atoms with Crippen molar-refractivity contribution in [1.82, 2.24) is 0 Å². The number of methoxy groups -OCH3 is 1. The van der Waals surface area contributed by atoms with Crippen molar-refractivity contribution in [3.63, 3.8) is 0 Å². The van der Waals surface area contributed by atoms with E-state index in [1.165, 1.54) is 5.56 Å². The van der Waals surface area contributed by atoms with Crippen LogP contribution in [-0.2, 0) is 10.8 Å². The average Bonchev–Trinajstić information content (AvgIpc) is 2.14. The molecule has 0 saturated carbocycles. The molecular weight excluding hydrogens is 196 g/mol. The molecule has 1 radical (unpaired) electrons. The molecule has 0 aliphatic heterocycles. The van der Waals surface area contributed by atoms with Gasteiger partial charge in [-0.05, 0) is 28.5 Å². The number of hydrogen-bond donors (Lipinski definition) is 0. The second-order valence-electron chi connectivity index (χ2n) is 6.32. The topological polar surface area (TPSA) is 9.23 Å². The first-order valence-corrected chi connectivity index (χ1v) is 5.77. The first kappa shape index (κ1) is 13.1. The van der Waals surface area contributed by atoms with Gasteiger partial charge >= 0.3 is 0 Å². The monoisotopic (exact) mass is 219 g/mol. The molecule has 0 fully saturated rings. The van der Waals surface area contributed by atoms with E-state index < -0.39 is 0 Å². The molecule has 1 nitrogen and oxygen atoms in total. The first-order valence-electron chi connectivity index (χ1n) is 5.77. The van der Waals surface area contributed by atoms with E-state index in [9.17, 15) is 0 Å². The maximum Gasteiger partial charge on any atom is 0.123 e. The van der Waals surface area contributed by atoms with Crippen LogP contribution < -0.4 is 4.74 Å². The highest BCUT2D eigenvalue weighted by atomic mass is 16.5. The van der Waals surface area contributed by atoms with Gasteiger partial charge in [0.1, 0.15) is 5.75 Å². The first-order chi connectivity index (χ1) is 7.16. The summed E-state index contributed by atoms with van der Waals surface area (Å²) in [5.74, 6) is 0.931. The summed E-state index contributed by atoms with van der Waals surface area (Å²) in [7, 11) is 1.72. The zero-order chi connectivity index (χ0) is 12.6. The smallest absolute Gasteiger partial charge is 0.123 e. The van der Waals surface area contributed by atoms with E-state index in [1.807, 2.05) is 0 Å².